The number of carbonyl (C=O) groups excluding carboxylic acids is 1. The van der Waals surface area contributed by atoms with E-state index in [0.717, 1.165) is 0 Å². The van der Waals surface area contributed by atoms with Crippen LogP contribution in [0.2, 0.25) is 10.0 Å². The zero-order chi connectivity index (χ0) is 21.4. The molecule has 3 N–H and O–H groups in total. The van der Waals surface area contributed by atoms with E-state index in [1.165, 1.54) is 14.2 Å². The molecule has 8 heteroatoms. The highest BCUT2D eigenvalue weighted by molar-refractivity contribution is 6.45. The lowest BCUT2D eigenvalue weighted by Crippen LogP contribution is -2.34. The van der Waals surface area contributed by atoms with Crippen molar-refractivity contribution in [1.29, 1.82) is 0 Å². The summed E-state index contributed by atoms with van der Waals surface area (Å²) in [6.45, 7) is 1.82. The van der Waals surface area contributed by atoms with Crippen LogP contribution in [-0.2, 0) is 20.1 Å². The van der Waals surface area contributed by atoms with E-state index in [0.29, 0.717) is 33.2 Å². The van der Waals surface area contributed by atoms with Crippen LogP contribution < -0.4 is 11.2 Å². The number of rotatable bonds is 8. The number of likely N-dealkylation sites (N-methyl/N-ethyl adjacent to an activating group) is 1. The summed E-state index contributed by atoms with van der Waals surface area (Å²) in [4.78, 5) is 22.5. The maximum atomic E-state index is 12.3. The molecule has 6 nitrogen and oxygen atoms in total. The molecule has 0 saturated heterocycles. The number of nitrogens with zero attached hydrogens (tertiary/aromatic N) is 1. The van der Waals surface area contributed by atoms with Crippen molar-refractivity contribution in [1.82, 2.24) is 5.32 Å². The quantitative estimate of drug-likeness (QED) is 0.477. The molecule has 1 unspecified atom stereocenters. The number of oxime groups is 1. The highest BCUT2D eigenvalue weighted by Gasteiger charge is 2.31. The molecule has 0 saturated carbocycles. The van der Waals surface area contributed by atoms with E-state index in [1.807, 2.05) is 31.2 Å². The molecule has 0 aliphatic rings. The van der Waals surface area contributed by atoms with Gasteiger partial charge in [-0.25, -0.2) is 5.90 Å². The van der Waals surface area contributed by atoms with Crippen LogP contribution in [0.4, 0.5) is 0 Å². The van der Waals surface area contributed by atoms with Gasteiger partial charge in [0.05, 0.1) is 0 Å². The largest absolute Gasteiger partial charge is 0.398 e. The number of hydrogen-bond donors (Lipinski definition) is 2. The predicted octanol–water partition coefficient (Wildman–Crippen LogP) is 4.30. The van der Waals surface area contributed by atoms with Crippen LogP contribution in [0, 0.1) is 0 Å². The third kappa shape index (κ3) is 5.36. The van der Waals surface area contributed by atoms with Crippen LogP contribution in [0.3, 0.4) is 0 Å². The zero-order valence-corrected chi connectivity index (χ0v) is 17.9. The van der Waals surface area contributed by atoms with E-state index in [-0.39, 0.29) is 5.71 Å². The van der Waals surface area contributed by atoms with Gasteiger partial charge >= 0.3 is 0 Å². The Hall–Kier alpha value is -2.38. The summed E-state index contributed by atoms with van der Waals surface area (Å²) >= 11 is 12.4. The third-order valence-corrected chi connectivity index (χ3v) is 5.09. The molecule has 1 atom stereocenters. The molecule has 2 aromatic rings. The first kappa shape index (κ1) is 22.9. The second kappa shape index (κ2) is 10.4. The van der Waals surface area contributed by atoms with Gasteiger partial charge in [-0.15, -0.1) is 0 Å². The van der Waals surface area contributed by atoms with Crippen LogP contribution in [-0.4, -0.2) is 25.8 Å². The standard InChI is InChI=1S/C21H23Cl2N3O3/c1-21(29-24,13-7-9-15-17(22)11-6-12-18(15)23)16-10-5-4-8-14(16)19(26-28-3)20(27)25-2/h4-12H,13,24H2,1-3H3,(H,25,27)/b9-7+,26-19?. The van der Waals surface area contributed by atoms with Crippen molar-refractivity contribution in [2.24, 2.45) is 11.1 Å². The Morgan fingerprint density at radius 1 is 1.21 bits per heavy atom. The average Bonchev–Trinajstić information content (AvgIpc) is 2.73. The Bertz CT molecular complexity index is 911. The van der Waals surface area contributed by atoms with Gasteiger partial charge in [-0.3, -0.25) is 9.63 Å². The van der Waals surface area contributed by atoms with Crippen LogP contribution in [0.1, 0.15) is 30.0 Å². The van der Waals surface area contributed by atoms with Gasteiger partial charge in [0.1, 0.15) is 12.7 Å². The minimum atomic E-state index is -0.955. The fourth-order valence-corrected chi connectivity index (χ4v) is 3.39. The van der Waals surface area contributed by atoms with E-state index < -0.39 is 11.5 Å². The lowest BCUT2D eigenvalue weighted by Gasteiger charge is -2.28. The molecule has 0 aliphatic carbocycles. The van der Waals surface area contributed by atoms with E-state index in [2.05, 4.69) is 10.5 Å². The summed E-state index contributed by atoms with van der Waals surface area (Å²) in [7, 11) is 2.89. The molecule has 0 bridgehead atoms. The minimum absolute atomic E-state index is 0.118. The van der Waals surface area contributed by atoms with Gasteiger partial charge in [0.25, 0.3) is 5.91 Å². The van der Waals surface area contributed by atoms with Crippen molar-refractivity contribution in [2.45, 2.75) is 18.9 Å². The van der Waals surface area contributed by atoms with Gasteiger partial charge in [0.15, 0.2) is 5.71 Å². The lowest BCUT2D eigenvalue weighted by molar-refractivity contribution is -0.114. The highest BCUT2D eigenvalue weighted by Crippen LogP contribution is 2.33. The monoisotopic (exact) mass is 435 g/mol. The van der Waals surface area contributed by atoms with E-state index in [9.17, 15) is 4.79 Å². The zero-order valence-electron chi connectivity index (χ0n) is 16.4. The first-order valence-corrected chi connectivity index (χ1v) is 9.55. The number of carbonyl (C=O) groups is 1. The SMILES string of the molecule is CNC(=O)C(=NOC)c1ccccc1C(C)(C/C=C/c1c(Cl)cccc1Cl)ON. The summed E-state index contributed by atoms with van der Waals surface area (Å²) in [6.07, 6.45) is 4.06. The van der Waals surface area contributed by atoms with Crippen molar-refractivity contribution in [3.63, 3.8) is 0 Å². The summed E-state index contributed by atoms with van der Waals surface area (Å²) < 4.78 is 0. The van der Waals surface area contributed by atoms with Crippen LogP contribution in [0.25, 0.3) is 6.08 Å². The normalized spacial score (nSPS) is 13.9. The van der Waals surface area contributed by atoms with Crippen molar-refractivity contribution in [3.05, 3.63) is 75.3 Å². The van der Waals surface area contributed by atoms with Crippen molar-refractivity contribution < 1.29 is 14.5 Å². The summed E-state index contributed by atoms with van der Waals surface area (Å²) in [5.41, 5.74) is 1.09. The number of amides is 1. The molecule has 29 heavy (non-hydrogen) atoms. The molecular formula is C21H23Cl2N3O3. The van der Waals surface area contributed by atoms with Crippen molar-refractivity contribution in [3.8, 4) is 0 Å². The van der Waals surface area contributed by atoms with Gasteiger partial charge in [0.2, 0.25) is 0 Å². The van der Waals surface area contributed by atoms with Gasteiger partial charge in [-0.2, -0.15) is 0 Å². The molecule has 154 valence electrons. The Labute approximate surface area is 180 Å². The molecule has 1 amide bonds. The van der Waals surface area contributed by atoms with E-state index in [1.54, 1.807) is 30.3 Å². The maximum absolute atomic E-state index is 12.3. The van der Waals surface area contributed by atoms with Gasteiger partial charge < -0.3 is 10.2 Å². The first-order valence-electron chi connectivity index (χ1n) is 8.79. The van der Waals surface area contributed by atoms with E-state index in [4.69, 9.17) is 38.8 Å². The van der Waals surface area contributed by atoms with Crippen LogP contribution >= 0.6 is 23.2 Å². The number of nitrogens with one attached hydrogen (secondary N) is 1. The molecule has 2 rings (SSSR count). The van der Waals surface area contributed by atoms with Crippen molar-refractivity contribution in [2.75, 3.05) is 14.2 Å². The fourth-order valence-electron chi connectivity index (χ4n) is 2.87. The third-order valence-electron chi connectivity index (χ3n) is 4.43. The summed E-state index contributed by atoms with van der Waals surface area (Å²) in [6, 6.07) is 12.5. The molecule has 0 aromatic heterocycles. The van der Waals surface area contributed by atoms with Crippen LogP contribution in [0.15, 0.2) is 53.7 Å². The minimum Gasteiger partial charge on any atom is -0.398 e. The number of benzene rings is 2. The Morgan fingerprint density at radius 2 is 1.86 bits per heavy atom. The highest BCUT2D eigenvalue weighted by atomic mass is 35.5. The molecule has 2 aromatic carbocycles. The molecule has 0 radical (unpaired) electrons. The fraction of sp³-hybridized carbons (Fsp3) is 0.238. The summed E-state index contributed by atoms with van der Waals surface area (Å²) in [5, 5.41) is 7.52. The average molecular weight is 436 g/mol. The first-order chi connectivity index (χ1) is 13.9. The topological polar surface area (TPSA) is 85.9 Å². The Morgan fingerprint density at radius 3 is 2.45 bits per heavy atom. The smallest absolute Gasteiger partial charge is 0.273 e. The number of hydrogen-bond acceptors (Lipinski definition) is 5. The second-order valence-electron chi connectivity index (χ2n) is 6.34. The van der Waals surface area contributed by atoms with Gasteiger partial charge in [-0.1, -0.05) is 70.8 Å². The molecule has 0 fully saturated rings. The van der Waals surface area contributed by atoms with Gasteiger partial charge in [0, 0.05) is 34.6 Å². The van der Waals surface area contributed by atoms with E-state index >= 15 is 0 Å². The number of halogens is 2. The summed E-state index contributed by atoms with van der Waals surface area (Å²) in [5.74, 6) is 5.28. The van der Waals surface area contributed by atoms with Gasteiger partial charge in [-0.05, 0) is 24.6 Å². The predicted molar refractivity (Wildman–Crippen MR) is 117 cm³/mol. The van der Waals surface area contributed by atoms with Crippen molar-refractivity contribution >= 4 is 40.9 Å². The maximum Gasteiger partial charge on any atom is 0.273 e. The number of nitrogens with two attached hydrogens (primary N) is 1. The molecule has 0 aliphatic heterocycles. The lowest BCUT2D eigenvalue weighted by atomic mass is 9.86. The molecule has 0 heterocycles. The Balaban J connectivity index is 2.44. The van der Waals surface area contributed by atoms with Crippen LogP contribution in [0.5, 0.6) is 0 Å². The Kier molecular flexibility index (Phi) is 8.22. The molecular weight excluding hydrogens is 413 g/mol. The second-order valence-corrected chi connectivity index (χ2v) is 7.15. The molecule has 0 spiro atoms.